The van der Waals surface area contributed by atoms with E-state index in [-0.39, 0.29) is 18.0 Å². The van der Waals surface area contributed by atoms with E-state index in [1.54, 1.807) is 48.3 Å². The van der Waals surface area contributed by atoms with Gasteiger partial charge >= 0.3 is 0 Å². The van der Waals surface area contributed by atoms with Gasteiger partial charge in [0, 0.05) is 7.05 Å². The van der Waals surface area contributed by atoms with Gasteiger partial charge in [-0.2, -0.15) is 0 Å². The molecule has 0 radical (unpaired) electrons. The number of hydrogen-bond acceptors (Lipinski definition) is 3. The molecule has 1 atom stereocenters. The fourth-order valence-electron chi connectivity index (χ4n) is 3.40. The highest BCUT2D eigenvalue weighted by Crippen LogP contribution is 2.40. The topological polar surface area (TPSA) is 36.7 Å². The first-order chi connectivity index (χ1) is 12.6. The van der Waals surface area contributed by atoms with Crippen LogP contribution in [0, 0.1) is 11.6 Å². The minimum Gasteiger partial charge on any atom is -0.467 e. The molecule has 6 heteroatoms. The van der Waals surface area contributed by atoms with Crippen molar-refractivity contribution in [1.82, 2.24) is 4.90 Å². The summed E-state index contributed by atoms with van der Waals surface area (Å²) in [6.07, 6.45) is 0.573. The Bertz CT molecular complexity index is 936. The van der Waals surface area contributed by atoms with E-state index in [2.05, 4.69) is 0 Å². The number of benzene rings is 2. The first-order valence-corrected chi connectivity index (χ1v) is 8.17. The number of carbonyl (C=O) groups excluding carboxylic acids is 1. The Morgan fingerprint density at radius 1 is 1.00 bits per heavy atom. The van der Waals surface area contributed by atoms with E-state index >= 15 is 0 Å². The first kappa shape index (κ1) is 16.3. The van der Waals surface area contributed by atoms with Crippen LogP contribution in [-0.4, -0.2) is 17.9 Å². The van der Waals surface area contributed by atoms with Crippen LogP contribution in [0.5, 0.6) is 0 Å². The number of amides is 1. The molecule has 4 rings (SSSR count). The number of nitrogens with zero attached hydrogens (tertiary/aromatic N) is 2. The molecule has 0 N–H and O–H groups in total. The molecule has 1 amide bonds. The van der Waals surface area contributed by atoms with E-state index < -0.39 is 17.8 Å². The molecular weight excluding hydrogens is 338 g/mol. The molecule has 1 aromatic heterocycles. The monoisotopic (exact) mass is 354 g/mol. The molecule has 0 aliphatic carbocycles. The van der Waals surface area contributed by atoms with Crippen LogP contribution >= 0.6 is 0 Å². The lowest BCUT2D eigenvalue weighted by Gasteiger charge is -2.43. The van der Waals surface area contributed by atoms with Crippen molar-refractivity contribution in [3.8, 4) is 0 Å². The van der Waals surface area contributed by atoms with Crippen molar-refractivity contribution in [1.29, 1.82) is 0 Å². The smallest absolute Gasteiger partial charge is 0.258 e. The van der Waals surface area contributed by atoms with Gasteiger partial charge in [0.1, 0.15) is 23.6 Å². The number of anilines is 1. The lowest BCUT2D eigenvalue weighted by molar-refractivity contribution is 0.0611. The van der Waals surface area contributed by atoms with E-state index in [4.69, 9.17) is 4.42 Å². The third-order valence-electron chi connectivity index (χ3n) is 4.60. The summed E-state index contributed by atoms with van der Waals surface area (Å²) in [5.41, 5.74) is 0.944. The fraction of sp³-hybridized carbons (Fsp3) is 0.150. The number of rotatable bonds is 3. The average Bonchev–Trinajstić information content (AvgIpc) is 3.15. The summed E-state index contributed by atoms with van der Waals surface area (Å²) in [7, 11) is 1.72. The fourth-order valence-corrected chi connectivity index (χ4v) is 3.40. The Labute approximate surface area is 149 Å². The summed E-state index contributed by atoms with van der Waals surface area (Å²) >= 11 is 0. The van der Waals surface area contributed by atoms with Crippen molar-refractivity contribution in [2.24, 2.45) is 0 Å². The molecule has 0 unspecified atom stereocenters. The highest BCUT2D eigenvalue weighted by Gasteiger charge is 2.39. The predicted molar refractivity (Wildman–Crippen MR) is 92.5 cm³/mol. The molecule has 0 spiro atoms. The molecule has 2 aromatic carbocycles. The average molecular weight is 354 g/mol. The van der Waals surface area contributed by atoms with Gasteiger partial charge in [-0.05, 0) is 36.4 Å². The Kier molecular flexibility index (Phi) is 3.95. The van der Waals surface area contributed by atoms with Crippen molar-refractivity contribution < 1.29 is 18.0 Å². The van der Waals surface area contributed by atoms with Crippen LogP contribution in [0.4, 0.5) is 14.5 Å². The second-order valence-corrected chi connectivity index (χ2v) is 6.15. The van der Waals surface area contributed by atoms with Crippen LogP contribution in [0.1, 0.15) is 27.8 Å². The summed E-state index contributed by atoms with van der Waals surface area (Å²) in [6, 6.07) is 14.2. The molecule has 0 saturated heterocycles. The van der Waals surface area contributed by atoms with E-state index in [0.717, 1.165) is 0 Å². The second kappa shape index (κ2) is 6.29. The number of halogens is 2. The lowest BCUT2D eigenvalue weighted by Crippen LogP contribution is -2.48. The van der Waals surface area contributed by atoms with Crippen molar-refractivity contribution in [2.45, 2.75) is 12.7 Å². The van der Waals surface area contributed by atoms with Crippen molar-refractivity contribution in [3.63, 3.8) is 0 Å². The first-order valence-electron chi connectivity index (χ1n) is 8.17. The summed E-state index contributed by atoms with van der Waals surface area (Å²) in [6.45, 7) is 0.100. The van der Waals surface area contributed by atoms with Gasteiger partial charge in [-0.25, -0.2) is 8.78 Å². The van der Waals surface area contributed by atoms with E-state index in [9.17, 15) is 13.6 Å². The molecule has 0 fully saturated rings. The standard InChI is InChI=1S/C20H16F2N2O2/c1-23-17-10-3-2-7-14(17)20(25)24(12-13-6-5-11-26-13)19(23)18-15(21)8-4-9-16(18)22/h2-11,19H,12H2,1H3/t19-/m1/s1. The summed E-state index contributed by atoms with van der Waals surface area (Å²) in [4.78, 5) is 16.2. The minimum atomic E-state index is -0.927. The zero-order valence-corrected chi connectivity index (χ0v) is 14.0. The highest BCUT2D eigenvalue weighted by molar-refractivity contribution is 6.02. The number of fused-ring (bicyclic) bond motifs is 1. The Hall–Kier alpha value is -3.15. The maximum Gasteiger partial charge on any atom is 0.258 e. The zero-order valence-electron chi connectivity index (χ0n) is 14.0. The van der Waals surface area contributed by atoms with Crippen LogP contribution in [0.15, 0.2) is 65.3 Å². The quantitative estimate of drug-likeness (QED) is 0.702. The van der Waals surface area contributed by atoms with Gasteiger partial charge in [0.05, 0.1) is 29.6 Å². The van der Waals surface area contributed by atoms with Crippen LogP contribution in [0.25, 0.3) is 0 Å². The molecule has 3 aromatic rings. The summed E-state index contributed by atoms with van der Waals surface area (Å²) in [5.74, 6) is -1.16. The van der Waals surface area contributed by atoms with Gasteiger partial charge < -0.3 is 14.2 Å². The summed E-state index contributed by atoms with van der Waals surface area (Å²) < 4.78 is 34.4. The van der Waals surface area contributed by atoms with Crippen molar-refractivity contribution in [2.75, 3.05) is 11.9 Å². The predicted octanol–water partition coefficient (Wildman–Crippen LogP) is 4.35. The second-order valence-electron chi connectivity index (χ2n) is 6.15. The SMILES string of the molecule is CN1c2ccccc2C(=O)N(Cc2ccco2)[C@@H]1c1c(F)cccc1F. The third kappa shape index (κ3) is 2.54. The number of hydrogen-bond donors (Lipinski definition) is 0. The maximum atomic E-state index is 14.5. The largest absolute Gasteiger partial charge is 0.467 e. The van der Waals surface area contributed by atoms with Gasteiger partial charge in [-0.1, -0.05) is 18.2 Å². The van der Waals surface area contributed by atoms with Crippen LogP contribution < -0.4 is 4.90 Å². The lowest BCUT2D eigenvalue weighted by atomic mass is 10.0. The van der Waals surface area contributed by atoms with Crippen molar-refractivity contribution >= 4 is 11.6 Å². The molecule has 0 bridgehead atoms. The molecular formula is C20H16F2N2O2. The number of furan rings is 1. The summed E-state index contributed by atoms with van der Waals surface area (Å²) in [5, 5.41) is 0. The Morgan fingerprint density at radius 3 is 2.42 bits per heavy atom. The van der Waals surface area contributed by atoms with Gasteiger partial charge in [0.2, 0.25) is 0 Å². The normalized spacial score (nSPS) is 16.7. The van der Waals surface area contributed by atoms with Gasteiger partial charge in [-0.15, -0.1) is 0 Å². The van der Waals surface area contributed by atoms with Gasteiger partial charge in [0.15, 0.2) is 0 Å². The molecule has 2 heterocycles. The van der Waals surface area contributed by atoms with E-state index in [1.165, 1.54) is 29.4 Å². The molecule has 132 valence electrons. The maximum absolute atomic E-state index is 14.5. The molecule has 26 heavy (non-hydrogen) atoms. The molecule has 0 saturated carbocycles. The molecule has 1 aliphatic heterocycles. The van der Waals surface area contributed by atoms with Crippen molar-refractivity contribution in [3.05, 3.63) is 89.4 Å². The molecule has 4 nitrogen and oxygen atoms in total. The van der Waals surface area contributed by atoms with E-state index in [1.807, 2.05) is 0 Å². The highest BCUT2D eigenvalue weighted by atomic mass is 19.1. The minimum absolute atomic E-state index is 0.100. The Morgan fingerprint density at radius 2 is 1.73 bits per heavy atom. The van der Waals surface area contributed by atoms with Crippen LogP contribution in [0.3, 0.4) is 0 Å². The Balaban J connectivity index is 1.89. The van der Waals surface area contributed by atoms with E-state index in [0.29, 0.717) is 17.0 Å². The zero-order chi connectivity index (χ0) is 18.3. The molecule has 1 aliphatic rings. The van der Waals surface area contributed by atoms with Gasteiger partial charge in [-0.3, -0.25) is 4.79 Å². The van der Waals surface area contributed by atoms with Gasteiger partial charge in [0.25, 0.3) is 5.91 Å². The third-order valence-corrected chi connectivity index (χ3v) is 4.60. The number of carbonyl (C=O) groups is 1. The van der Waals surface area contributed by atoms with Crippen LogP contribution in [-0.2, 0) is 6.54 Å². The van der Waals surface area contributed by atoms with Crippen LogP contribution in [0.2, 0.25) is 0 Å². The number of para-hydroxylation sites is 1.